The van der Waals surface area contributed by atoms with Gasteiger partial charge in [-0.05, 0) is 42.3 Å². The molecule has 1 aliphatic heterocycles. The average molecular weight is 374 g/mol. The highest BCUT2D eigenvalue weighted by Crippen LogP contribution is 2.30. The van der Waals surface area contributed by atoms with E-state index < -0.39 is 5.63 Å². The first-order valence-electron chi connectivity index (χ1n) is 8.78. The fourth-order valence-corrected chi connectivity index (χ4v) is 3.39. The summed E-state index contributed by atoms with van der Waals surface area (Å²) >= 11 is 0. The summed E-state index contributed by atoms with van der Waals surface area (Å²) in [5.74, 6) is -0.758. The number of hydrogen-bond acceptors (Lipinski definition) is 5. The molecule has 0 saturated carbocycles. The van der Waals surface area contributed by atoms with Crippen molar-refractivity contribution < 1.29 is 14.0 Å². The summed E-state index contributed by atoms with van der Waals surface area (Å²) in [5.41, 5.74) is 3.47. The lowest BCUT2D eigenvalue weighted by Gasteiger charge is -2.15. The van der Waals surface area contributed by atoms with Gasteiger partial charge in [-0.15, -0.1) is 0 Å². The Bertz CT molecular complexity index is 1190. The van der Waals surface area contributed by atoms with E-state index in [1.165, 1.54) is 12.2 Å². The molecule has 0 atom stereocenters. The monoisotopic (exact) mass is 374 g/mol. The number of carbonyl (C=O) groups excluding carboxylic acids is 2. The lowest BCUT2D eigenvalue weighted by Crippen LogP contribution is -2.29. The molecule has 1 aliphatic rings. The third kappa shape index (κ3) is 2.79. The molecule has 6 heteroatoms. The molecular weight excluding hydrogens is 356 g/mol. The van der Waals surface area contributed by atoms with Crippen molar-refractivity contribution in [3.05, 3.63) is 70.6 Å². The summed E-state index contributed by atoms with van der Waals surface area (Å²) in [6.07, 6.45) is 2.47. The van der Waals surface area contributed by atoms with Crippen LogP contribution in [0.4, 0.5) is 11.4 Å². The molecule has 2 heterocycles. The van der Waals surface area contributed by atoms with Crippen molar-refractivity contribution in [1.29, 1.82) is 0 Å². The van der Waals surface area contributed by atoms with E-state index >= 15 is 0 Å². The Morgan fingerprint density at radius 3 is 2.14 bits per heavy atom. The molecule has 4 rings (SSSR count). The highest BCUT2D eigenvalue weighted by atomic mass is 16.4. The highest BCUT2D eigenvalue weighted by molar-refractivity contribution is 6.28. The number of amides is 2. The van der Waals surface area contributed by atoms with Crippen LogP contribution in [0.2, 0.25) is 0 Å². The van der Waals surface area contributed by atoms with Gasteiger partial charge in [-0.3, -0.25) is 9.59 Å². The fourth-order valence-electron chi connectivity index (χ4n) is 3.39. The molecule has 1 aromatic heterocycles. The van der Waals surface area contributed by atoms with Gasteiger partial charge in [-0.2, -0.15) is 0 Å². The van der Waals surface area contributed by atoms with Gasteiger partial charge in [0.1, 0.15) is 5.58 Å². The van der Waals surface area contributed by atoms with Gasteiger partial charge >= 0.3 is 5.63 Å². The molecule has 2 amide bonds. The Balaban J connectivity index is 1.79. The number of anilines is 2. The van der Waals surface area contributed by atoms with Gasteiger partial charge in [0.05, 0.1) is 11.3 Å². The van der Waals surface area contributed by atoms with Gasteiger partial charge in [-0.1, -0.05) is 12.1 Å². The summed E-state index contributed by atoms with van der Waals surface area (Å²) in [6.45, 7) is 1.88. The molecule has 0 spiro atoms. The third-order valence-electron chi connectivity index (χ3n) is 4.89. The van der Waals surface area contributed by atoms with Crippen LogP contribution in [-0.4, -0.2) is 25.9 Å². The molecule has 0 fully saturated rings. The topological polar surface area (TPSA) is 70.8 Å². The quantitative estimate of drug-likeness (QED) is 0.520. The van der Waals surface area contributed by atoms with Crippen LogP contribution >= 0.6 is 0 Å². The minimum absolute atomic E-state index is 0.379. The minimum atomic E-state index is -0.427. The van der Waals surface area contributed by atoms with Crippen LogP contribution in [-0.2, 0) is 9.59 Å². The largest absolute Gasteiger partial charge is 0.422 e. The average Bonchev–Trinajstić information content (AvgIpc) is 3.00. The van der Waals surface area contributed by atoms with Crippen LogP contribution < -0.4 is 15.4 Å². The first-order valence-corrected chi connectivity index (χ1v) is 8.78. The first kappa shape index (κ1) is 17.7. The summed E-state index contributed by atoms with van der Waals surface area (Å²) in [4.78, 5) is 39.3. The van der Waals surface area contributed by atoms with Crippen LogP contribution in [0.1, 0.15) is 5.56 Å². The van der Waals surface area contributed by atoms with E-state index in [0.29, 0.717) is 22.4 Å². The number of hydrogen-bond donors (Lipinski definition) is 0. The Kier molecular flexibility index (Phi) is 4.11. The van der Waals surface area contributed by atoms with Gasteiger partial charge in [0.25, 0.3) is 11.8 Å². The van der Waals surface area contributed by atoms with Crippen molar-refractivity contribution >= 4 is 34.2 Å². The number of nitrogens with zero attached hydrogens (tertiary/aromatic N) is 2. The molecule has 140 valence electrons. The normalized spacial score (nSPS) is 13.6. The lowest BCUT2D eigenvalue weighted by molar-refractivity contribution is -0.119. The lowest BCUT2D eigenvalue weighted by atomic mass is 9.99. The van der Waals surface area contributed by atoms with E-state index in [1.807, 2.05) is 44.1 Å². The van der Waals surface area contributed by atoms with Crippen LogP contribution in [0.15, 0.2) is 63.8 Å². The molecule has 0 N–H and O–H groups in total. The predicted molar refractivity (Wildman–Crippen MR) is 109 cm³/mol. The SMILES string of the molecule is Cc1c(-c2ccc(N3C(=O)C=CC3=O)cc2)c(=O)oc2cc(N(C)C)ccc12. The van der Waals surface area contributed by atoms with Crippen molar-refractivity contribution in [3.8, 4) is 11.1 Å². The van der Waals surface area contributed by atoms with E-state index in [9.17, 15) is 14.4 Å². The Labute approximate surface area is 161 Å². The van der Waals surface area contributed by atoms with Crippen molar-refractivity contribution in [1.82, 2.24) is 0 Å². The third-order valence-corrected chi connectivity index (χ3v) is 4.89. The summed E-state index contributed by atoms with van der Waals surface area (Å²) < 4.78 is 5.57. The van der Waals surface area contributed by atoms with Gasteiger partial charge in [0.15, 0.2) is 0 Å². The number of benzene rings is 2. The number of imide groups is 1. The zero-order chi connectivity index (χ0) is 20.0. The molecule has 2 aromatic carbocycles. The second-order valence-corrected chi connectivity index (χ2v) is 6.86. The zero-order valence-corrected chi connectivity index (χ0v) is 15.7. The van der Waals surface area contributed by atoms with Gasteiger partial charge in [0.2, 0.25) is 0 Å². The second kappa shape index (κ2) is 6.49. The summed E-state index contributed by atoms with van der Waals surface area (Å²) in [7, 11) is 3.85. The smallest absolute Gasteiger partial charge is 0.344 e. The van der Waals surface area contributed by atoms with Crippen LogP contribution in [0.5, 0.6) is 0 Å². The van der Waals surface area contributed by atoms with E-state index in [2.05, 4.69) is 0 Å². The molecule has 3 aromatic rings. The molecular formula is C22H18N2O4. The van der Waals surface area contributed by atoms with Crippen LogP contribution in [0.25, 0.3) is 22.1 Å². The predicted octanol–water partition coefficient (Wildman–Crippen LogP) is 3.26. The van der Waals surface area contributed by atoms with E-state index in [1.54, 1.807) is 24.3 Å². The van der Waals surface area contributed by atoms with E-state index in [0.717, 1.165) is 21.5 Å². The second-order valence-electron chi connectivity index (χ2n) is 6.86. The number of fused-ring (bicyclic) bond motifs is 1. The van der Waals surface area contributed by atoms with E-state index in [4.69, 9.17) is 4.42 Å². The molecule has 6 nitrogen and oxygen atoms in total. The maximum atomic E-state index is 12.7. The maximum absolute atomic E-state index is 12.7. The van der Waals surface area contributed by atoms with Crippen molar-refractivity contribution in [3.63, 3.8) is 0 Å². The molecule has 0 aliphatic carbocycles. The van der Waals surface area contributed by atoms with Gasteiger partial charge in [0, 0.05) is 43.4 Å². The van der Waals surface area contributed by atoms with E-state index in [-0.39, 0.29) is 11.8 Å². The van der Waals surface area contributed by atoms with Crippen molar-refractivity contribution in [2.24, 2.45) is 0 Å². The number of aryl methyl sites for hydroxylation is 1. The maximum Gasteiger partial charge on any atom is 0.344 e. The van der Waals surface area contributed by atoms with Crippen molar-refractivity contribution in [2.45, 2.75) is 6.92 Å². The highest BCUT2D eigenvalue weighted by Gasteiger charge is 2.25. The Morgan fingerprint density at radius 1 is 0.893 bits per heavy atom. The number of carbonyl (C=O) groups is 2. The van der Waals surface area contributed by atoms with Crippen LogP contribution in [0, 0.1) is 6.92 Å². The number of rotatable bonds is 3. The Hall–Kier alpha value is -3.67. The van der Waals surface area contributed by atoms with Gasteiger partial charge < -0.3 is 9.32 Å². The molecule has 0 unspecified atom stereocenters. The molecule has 0 radical (unpaired) electrons. The standard InChI is InChI=1S/C22H18N2O4/c1-13-17-9-8-16(23(2)3)12-18(17)28-22(27)21(13)14-4-6-15(7-5-14)24-19(25)10-11-20(24)26/h4-12H,1-3H3. The Morgan fingerprint density at radius 2 is 1.54 bits per heavy atom. The molecule has 28 heavy (non-hydrogen) atoms. The molecule has 0 saturated heterocycles. The summed E-state index contributed by atoms with van der Waals surface area (Å²) in [6, 6.07) is 12.5. The zero-order valence-electron chi connectivity index (χ0n) is 15.7. The minimum Gasteiger partial charge on any atom is -0.422 e. The fraction of sp³-hybridized carbons (Fsp3) is 0.136. The first-order chi connectivity index (χ1) is 13.4. The van der Waals surface area contributed by atoms with Crippen LogP contribution in [0.3, 0.4) is 0 Å². The van der Waals surface area contributed by atoms with Crippen molar-refractivity contribution in [2.75, 3.05) is 23.9 Å². The molecule has 0 bridgehead atoms. The van der Waals surface area contributed by atoms with Gasteiger partial charge in [-0.25, -0.2) is 9.69 Å². The summed E-state index contributed by atoms with van der Waals surface area (Å²) in [5, 5.41) is 0.860.